The first-order valence-electron chi connectivity index (χ1n) is 4.27. The zero-order chi connectivity index (χ0) is 10.6. The van der Waals surface area contributed by atoms with E-state index < -0.39 is 0 Å². The van der Waals surface area contributed by atoms with Crippen LogP contribution < -0.4 is 14.8 Å². The van der Waals surface area contributed by atoms with Crippen molar-refractivity contribution in [1.29, 1.82) is 0 Å². The van der Waals surface area contributed by atoms with Crippen LogP contribution in [0.4, 0.5) is 5.82 Å². The molecule has 0 aliphatic heterocycles. The molecule has 0 spiro atoms. The fourth-order valence-electron chi connectivity index (χ4n) is 0.951. The molecule has 0 amide bonds. The number of aryl methyl sites for hydroxylation is 1. The number of hydrogen-bond acceptors (Lipinski definition) is 6. The predicted octanol–water partition coefficient (Wildman–Crippen LogP) is 1.50. The van der Waals surface area contributed by atoms with Gasteiger partial charge < -0.3 is 14.8 Å². The smallest absolute Gasteiger partial charge is 0.275 e. The largest absolute Gasteiger partial charge is 0.469 e. The lowest BCUT2D eigenvalue weighted by Crippen LogP contribution is -2.11. The maximum Gasteiger partial charge on any atom is 0.275 e. The van der Waals surface area contributed by atoms with Gasteiger partial charge in [-0.3, -0.25) is 0 Å². The lowest BCUT2D eigenvalue weighted by atomic mass is 10.5. The van der Waals surface area contributed by atoms with Gasteiger partial charge in [-0.15, -0.1) is 0 Å². The van der Waals surface area contributed by atoms with Crippen molar-refractivity contribution in [3.05, 3.63) is 4.88 Å². The average Bonchev–Trinajstić information content (AvgIpc) is 2.55. The first-order chi connectivity index (χ1) is 6.69. The Bertz CT molecular complexity index is 290. The van der Waals surface area contributed by atoms with Crippen molar-refractivity contribution >= 4 is 29.1 Å². The van der Waals surface area contributed by atoms with Gasteiger partial charge in [0.2, 0.25) is 0 Å². The molecule has 0 aromatic carbocycles. The Kier molecular flexibility index (Phi) is 4.50. The zero-order valence-electron chi connectivity index (χ0n) is 8.61. The Hall–Kier alpha value is -0.460. The summed E-state index contributed by atoms with van der Waals surface area (Å²) in [6, 6.07) is 0. The summed E-state index contributed by atoms with van der Waals surface area (Å²) in [4.78, 5) is 5.52. The van der Waals surface area contributed by atoms with Crippen molar-refractivity contribution in [2.45, 2.75) is 6.92 Å². The van der Waals surface area contributed by atoms with E-state index in [1.807, 2.05) is 24.5 Å². The monoisotopic (exact) mass is 233 g/mol. The van der Waals surface area contributed by atoms with Gasteiger partial charge in [0.05, 0.1) is 4.88 Å². The molecular weight excluding hydrogens is 218 g/mol. The summed E-state index contributed by atoms with van der Waals surface area (Å²) in [5.41, 5.74) is 5.34. The molecule has 0 bridgehead atoms. The molecule has 0 aliphatic rings. The van der Waals surface area contributed by atoms with E-state index in [0.717, 1.165) is 10.7 Å². The Morgan fingerprint density at radius 1 is 1.64 bits per heavy atom. The minimum absolute atomic E-state index is 0.520. The van der Waals surface area contributed by atoms with Crippen molar-refractivity contribution in [2.75, 3.05) is 30.8 Å². The van der Waals surface area contributed by atoms with E-state index in [-0.39, 0.29) is 0 Å². The van der Waals surface area contributed by atoms with Crippen LogP contribution in [0, 0.1) is 6.92 Å². The number of nitrogens with two attached hydrogens (primary N) is 1. The number of anilines is 1. The predicted molar refractivity (Wildman–Crippen MR) is 63.3 cm³/mol. The molecule has 0 saturated heterocycles. The van der Waals surface area contributed by atoms with E-state index in [9.17, 15) is 0 Å². The third-order valence-electron chi connectivity index (χ3n) is 1.67. The van der Waals surface area contributed by atoms with Gasteiger partial charge >= 0.3 is 0 Å². The van der Waals surface area contributed by atoms with Gasteiger partial charge in [-0.25, -0.2) is 0 Å². The van der Waals surface area contributed by atoms with E-state index in [1.54, 1.807) is 23.3 Å². The molecule has 14 heavy (non-hydrogen) atoms. The van der Waals surface area contributed by atoms with Crippen molar-refractivity contribution in [1.82, 2.24) is 4.98 Å². The standard InChI is InChI=1S/C8H15N3OS2/c1-6-7(11(2)13-3)10-8(14-6)12-5-4-9/h4-5,9H2,1-3H3. The first-order valence-corrected chi connectivity index (χ1v) is 6.27. The normalized spacial score (nSPS) is 10.3. The van der Waals surface area contributed by atoms with Crippen LogP contribution in [0.2, 0.25) is 0 Å². The Balaban J connectivity index is 2.71. The van der Waals surface area contributed by atoms with Crippen LogP contribution >= 0.6 is 23.3 Å². The van der Waals surface area contributed by atoms with E-state index in [2.05, 4.69) is 4.98 Å². The average molecular weight is 233 g/mol. The fraction of sp³-hybridized carbons (Fsp3) is 0.625. The highest BCUT2D eigenvalue weighted by molar-refractivity contribution is 7.99. The molecule has 4 nitrogen and oxygen atoms in total. The molecular formula is C8H15N3OS2. The van der Waals surface area contributed by atoms with E-state index in [0.29, 0.717) is 18.3 Å². The molecule has 1 aromatic rings. The van der Waals surface area contributed by atoms with Crippen LogP contribution in [-0.2, 0) is 0 Å². The molecule has 80 valence electrons. The topological polar surface area (TPSA) is 51.4 Å². The summed E-state index contributed by atoms with van der Waals surface area (Å²) in [6.45, 7) is 3.08. The SMILES string of the molecule is CSN(C)c1nc(OCCN)sc1C. The van der Waals surface area contributed by atoms with Gasteiger partial charge in [-0.05, 0) is 6.92 Å². The highest BCUT2D eigenvalue weighted by Crippen LogP contribution is 2.31. The number of thiazole rings is 1. The van der Waals surface area contributed by atoms with Crippen LogP contribution in [0.25, 0.3) is 0 Å². The van der Waals surface area contributed by atoms with Crippen molar-refractivity contribution in [2.24, 2.45) is 5.73 Å². The van der Waals surface area contributed by atoms with Gasteiger partial charge in [-0.1, -0.05) is 23.3 Å². The first kappa shape index (κ1) is 11.6. The third-order valence-corrected chi connectivity index (χ3v) is 3.26. The van der Waals surface area contributed by atoms with Crippen molar-refractivity contribution < 1.29 is 4.74 Å². The molecule has 1 rings (SSSR count). The molecule has 1 heterocycles. The van der Waals surface area contributed by atoms with Crippen LogP contribution in [0.3, 0.4) is 0 Å². The summed E-state index contributed by atoms with van der Waals surface area (Å²) < 4.78 is 7.37. The molecule has 0 saturated carbocycles. The van der Waals surface area contributed by atoms with Crippen LogP contribution in [0.1, 0.15) is 4.88 Å². The Labute approximate surface area is 92.6 Å². The highest BCUT2D eigenvalue weighted by Gasteiger charge is 2.11. The molecule has 1 aromatic heterocycles. The summed E-state index contributed by atoms with van der Waals surface area (Å²) in [5, 5.41) is 0.698. The number of aromatic nitrogens is 1. The summed E-state index contributed by atoms with van der Waals surface area (Å²) in [6.07, 6.45) is 2.01. The molecule has 0 aliphatic carbocycles. The zero-order valence-corrected chi connectivity index (χ0v) is 10.2. The van der Waals surface area contributed by atoms with Crippen molar-refractivity contribution in [3.63, 3.8) is 0 Å². The van der Waals surface area contributed by atoms with Gasteiger partial charge in [0.1, 0.15) is 6.61 Å². The van der Waals surface area contributed by atoms with Crippen molar-refractivity contribution in [3.8, 4) is 5.19 Å². The fourth-order valence-corrected chi connectivity index (χ4v) is 2.17. The second-order valence-corrected chi connectivity index (χ2v) is 4.76. The third kappa shape index (κ3) is 2.76. The minimum atomic E-state index is 0.520. The van der Waals surface area contributed by atoms with Crippen LogP contribution in [0.5, 0.6) is 5.19 Å². The molecule has 0 unspecified atom stereocenters. The van der Waals surface area contributed by atoms with Gasteiger partial charge in [0.25, 0.3) is 5.19 Å². The molecule has 0 atom stereocenters. The second-order valence-electron chi connectivity index (χ2n) is 2.68. The van der Waals surface area contributed by atoms with E-state index >= 15 is 0 Å². The molecule has 0 radical (unpaired) electrons. The van der Waals surface area contributed by atoms with Gasteiger partial charge in [0, 0.05) is 19.8 Å². The summed E-state index contributed by atoms with van der Waals surface area (Å²) in [7, 11) is 1.99. The summed E-state index contributed by atoms with van der Waals surface area (Å²) in [5.74, 6) is 0.967. The lowest BCUT2D eigenvalue weighted by Gasteiger charge is -2.11. The van der Waals surface area contributed by atoms with Crippen LogP contribution in [0.15, 0.2) is 0 Å². The number of ether oxygens (including phenoxy) is 1. The highest BCUT2D eigenvalue weighted by atomic mass is 32.2. The lowest BCUT2D eigenvalue weighted by molar-refractivity contribution is 0.327. The summed E-state index contributed by atoms with van der Waals surface area (Å²) >= 11 is 3.18. The quantitative estimate of drug-likeness (QED) is 0.781. The van der Waals surface area contributed by atoms with E-state index in [4.69, 9.17) is 10.5 Å². The maximum atomic E-state index is 5.36. The molecule has 0 fully saturated rings. The Morgan fingerprint density at radius 3 is 2.93 bits per heavy atom. The number of nitrogens with zero attached hydrogens (tertiary/aromatic N) is 2. The molecule has 6 heteroatoms. The number of hydrogen-bond donors (Lipinski definition) is 1. The Morgan fingerprint density at radius 2 is 2.36 bits per heavy atom. The number of rotatable bonds is 5. The second kappa shape index (κ2) is 5.43. The van der Waals surface area contributed by atoms with E-state index in [1.165, 1.54) is 0 Å². The maximum absolute atomic E-state index is 5.36. The van der Waals surface area contributed by atoms with Crippen LogP contribution in [-0.4, -0.2) is 31.4 Å². The minimum Gasteiger partial charge on any atom is -0.469 e. The van der Waals surface area contributed by atoms with Gasteiger partial charge in [0.15, 0.2) is 5.82 Å². The van der Waals surface area contributed by atoms with Gasteiger partial charge in [-0.2, -0.15) is 4.98 Å². The molecule has 2 N–H and O–H groups in total.